The molecule has 11 nitrogen and oxygen atoms in total. The number of thioether (sulfide) groups is 1. The summed E-state index contributed by atoms with van der Waals surface area (Å²) in [5.74, 6) is 0.749. The number of nitrogens with zero attached hydrogens (tertiary/aromatic N) is 2. The van der Waals surface area contributed by atoms with E-state index in [1.165, 1.54) is 25.0 Å². The molecular weight excluding hydrogens is 757 g/mol. The lowest BCUT2D eigenvalue weighted by molar-refractivity contribution is -0.384. The van der Waals surface area contributed by atoms with E-state index in [4.69, 9.17) is 24.2 Å². The Bertz CT molecular complexity index is 1960. The van der Waals surface area contributed by atoms with E-state index in [9.17, 15) is 25.1 Å². The number of hydrogen-bond acceptors (Lipinski definition) is 11. The SMILES string of the molecule is C=CCOC12Oc3ccc(Oc4cccc(C=O)c4)cc3C3C(CCCCO)C(CCCCO)C=C(C(=NOCc4ccc([N+](=O)[O-])cc4)CC1SC1CCCC1)C32. The molecule has 7 rings (SSSR count). The fraction of sp³-hybridized carbons (Fsp3) is 0.478. The molecule has 6 unspecified atom stereocenters. The second kappa shape index (κ2) is 19.5. The van der Waals surface area contributed by atoms with E-state index in [0.717, 1.165) is 73.0 Å². The molecule has 6 atom stereocenters. The van der Waals surface area contributed by atoms with E-state index in [0.29, 0.717) is 48.2 Å². The van der Waals surface area contributed by atoms with Crippen molar-refractivity contribution < 1.29 is 39.0 Å². The van der Waals surface area contributed by atoms with Crippen molar-refractivity contribution >= 4 is 29.4 Å². The summed E-state index contributed by atoms with van der Waals surface area (Å²) in [7, 11) is 0. The van der Waals surface area contributed by atoms with Crippen LogP contribution in [-0.2, 0) is 16.2 Å². The minimum atomic E-state index is -1.06. The van der Waals surface area contributed by atoms with Crippen LogP contribution in [0, 0.1) is 27.9 Å². The molecule has 0 amide bonds. The largest absolute Gasteiger partial charge is 0.460 e. The maximum absolute atomic E-state index is 11.6. The van der Waals surface area contributed by atoms with Crippen LogP contribution in [0.25, 0.3) is 0 Å². The molecule has 0 bridgehead atoms. The highest BCUT2D eigenvalue weighted by Crippen LogP contribution is 2.63. The average molecular weight is 811 g/mol. The van der Waals surface area contributed by atoms with Gasteiger partial charge in [0.25, 0.3) is 5.69 Å². The first-order valence-electron chi connectivity index (χ1n) is 20.7. The predicted molar refractivity (Wildman–Crippen MR) is 225 cm³/mol. The van der Waals surface area contributed by atoms with Gasteiger partial charge in [-0.2, -0.15) is 0 Å². The van der Waals surface area contributed by atoms with Crippen molar-refractivity contribution in [1.82, 2.24) is 0 Å². The summed E-state index contributed by atoms with van der Waals surface area (Å²) in [6, 6.07) is 19.4. The third-order valence-corrected chi connectivity index (χ3v) is 13.7. The van der Waals surface area contributed by atoms with Gasteiger partial charge in [-0.05, 0) is 104 Å². The maximum atomic E-state index is 11.6. The number of nitro benzene ring substituents is 1. The Morgan fingerprint density at radius 3 is 2.47 bits per heavy atom. The van der Waals surface area contributed by atoms with Gasteiger partial charge in [0.2, 0.25) is 5.79 Å². The van der Waals surface area contributed by atoms with E-state index in [1.807, 2.05) is 30.0 Å². The Morgan fingerprint density at radius 1 is 0.983 bits per heavy atom. The third-order valence-electron chi connectivity index (χ3n) is 12.1. The van der Waals surface area contributed by atoms with Crippen LogP contribution in [0.5, 0.6) is 17.2 Å². The normalized spacial score (nSPS) is 25.6. The molecule has 0 saturated heterocycles. The molecular formula is C46H54N2O9S. The van der Waals surface area contributed by atoms with Crippen LogP contribution in [0.4, 0.5) is 5.69 Å². The minimum Gasteiger partial charge on any atom is -0.460 e. The molecule has 0 radical (unpaired) electrons. The minimum absolute atomic E-state index is 0.0183. The summed E-state index contributed by atoms with van der Waals surface area (Å²) in [6.45, 7) is 4.72. The van der Waals surface area contributed by atoms with Crippen molar-refractivity contribution in [1.29, 1.82) is 0 Å². The lowest BCUT2D eigenvalue weighted by Crippen LogP contribution is -2.64. The first-order chi connectivity index (χ1) is 28.4. The number of fused-ring (bicyclic) bond motifs is 2. The molecule has 3 aromatic rings. The van der Waals surface area contributed by atoms with Gasteiger partial charge in [0.1, 0.15) is 30.1 Å². The van der Waals surface area contributed by atoms with Crippen molar-refractivity contribution in [3.8, 4) is 17.2 Å². The second-order valence-corrected chi connectivity index (χ2v) is 17.3. The van der Waals surface area contributed by atoms with Crippen molar-refractivity contribution in [3.05, 3.63) is 118 Å². The number of ether oxygens (including phenoxy) is 3. The molecule has 12 heteroatoms. The van der Waals surface area contributed by atoms with Crippen LogP contribution < -0.4 is 9.47 Å². The third kappa shape index (κ3) is 9.20. The molecule has 2 saturated carbocycles. The van der Waals surface area contributed by atoms with Crippen LogP contribution in [0.15, 0.2) is 96.2 Å². The Balaban J connectivity index is 1.36. The predicted octanol–water partition coefficient (Wildman–Crippen LogP) is 9.71. The number of carbonyl (C=O) groups is 1. The number of unbranched alkanes of at least 4 members (excludes halogenated alkanes) is 2. The summed E-state index contributed by atoms with van der Waals surface area (Å²) < 4.78 is 20.8. The fourth-order valence-corrected chi connectivity index (χ4v) is 11.2. The van der Waals surface area contributed by atoms with Gasteiger partial charge in [-0.3, -0.25) is 14.9 Å². The van der Waals surface area contributed by atoms with Gasteiger partial charge >= 0.3 is 0 Å². The average Bonchev–Trinajstić information content (AvgIpc) is 3.76. The summed E-state index contributed by atoms with van der Waals surface area (Å²) in [6.07, 6.45) is 14.9. The molecule has 0 spiro atoms. The molecule has 4 aliphatic rings. The number of aliphatic hydroxyl groups excluding tert-OH is 2. The smallest absolute Gasteiger partial charge is 0.269 e. The summed E-state index contributed by atoms with van der Waals surface area (Å²) in [5, 5.41) is 36.2. The Hall–Kier alpha value is -4.49. The Morgan fingerprint density at radius 2 is 1.74 bits per heavy atom. The number of aldehydes is 1. The summed E-state index contributed by atoms with van der Waals surface area (Å²) in [4.78, 5) is 28.6. The zero-order valence-electron chi connectivity index (χ0n) is 32.9. The van der Waals surface area contributed by atoms with Gasteiger partial charge in [-0.15, -0.1) is 18.3 Å². The van der Waals surface area contributed by atoms with Gasteiger partial charge < -0.3 is 29.3 Å². The molecule has 2 N–H and O–H groups in total. The highest BCUT2D eigenvalue weighted by Gasteiger charge is 2.64. The molecule has 308 valence electrons. The van der Waals surface area contributed by atoms with E-state index >= 15 is 0 Å². The van der Waals surface area contributed by atoms with Crippen LogP contribution in [0.2, 0.25) is 0 Å². The maximum Gasteiger partial charge on any atom is 0.269 e. The van der Waals surface area contributed by atoms with Crippen LogP contribution in [0.1, 0.15) is 98.0 Å². The highest BCUT2D eigenvalue weighted by atomic mass is 32.2. The van der Waals surface area contributed by atoms with Gasteiger partial charge in [0, 0.05) is 54.1 Å². The molecule has 58 heavy (non-hydrogen) atoms. The van der Waals surface area contributed by atoms with E-state index < -0.39 is 10.7 Å². The van der Waals surface area contributed by atoms with E-state index in [1.54, 1.807) is 36.4 Å². The summed E-state index contributed by atoms with van der Waals surface area (Å²) in [5.41, 5.74) is 4.20. The first-order valence-corrected chi connectivity index (χ1v) is 21.6. The number of allylic oxidation sites excluding steroid dienone is 1. The van der Waals surface area contributed by atoms with Crippen LogP contribution >= 0.6 is 11.8 Å². The van der Waals surface area contributed by atoms with Crippen molar-refractivity contribution in [3.63, 3.8) is 0 Å². The number of benzene rings is 3. The highest BCUT2D eigenvalue weighted by molar-refractivity contribution is 8.00. The van der Waals surface area contributed by atoms with Crippen molar-refractivity contribution in [2.75, 3.05) is 19.8 Å². The zero-order chi connectivity index (χ0) is 40.5. The van der Waals surface area contributed by atoms with Gasteiger partial charge in [-0.1, -0.05) is 55.1 Å². The fourth-order valence-electron chi connectivity index (χ4n) is 9.45. The molecule has 3 aliphatic carbocycles. The van der Waals surface area contributed by atoms with Crippen molar-refractivity contribution in [2.45, 2.75) is 99.4 Å². The molecule has 3 aromatic carbocycles. The Kier molecular flexibility index (Phi) is 14.0. The zero-order valence-corrected chi connectivity index (χ0v) is 33.7. The molecule has 2 fully saturated rings. The molecule has 1 aliphatic heterocycles. The van der Waals surface area contributed by atoms with E-state index in [-0.39, 0.29) is 54.4 Å². The molecule has 1 heterocycles. The van der Waals surface area contributed by atoms with Gasteiger partial charge in [0.05, 0.1) is 28.4 Å². The number of aliphatic hydroxyl groups is 2. The second-order valence-electron chi connectivity index (χ2n) is 15.8. The standard InChI is InChI=1S/C46H54N2O9S/c1-2-24-54-46-43(58-37-13-3-4-14-37)28-41(47-55-30-31-16-18-34(19-17-31)48(52)53)39-26-33(11-5-7-22-49)38(15-6-8-23-50)44(45(39)46)40-27-36(20-21-42(40)57-46)56-35-12-9-10-32(25-35)29-51/h2,9-10,12,16-21,25-27,29,33,37-38,43-45,49-50H,1,3-8,11,13-15,22-24,28,30H2. The number of carbonyl (C=O) groups excluding carboxylic acids is 1. The summed E-state index contributed by atoms with van der Waals surface area (Å²) >= 11 is 1.94. The van der Waals surface area contributed by atoms with Crippen LogP contribution in [0.3, 0.4) is 0 Å². The quantitative estimate of drug-likeness (QED) is 0.0371. The topological polar surface area (TPSA) is 150 Å². The van der Waals surface area contributed by atoms with Crippen molar-refractivity contribution in [2.24, 2.45) is 22.9 Å². The van der Waals surface area contributed by atoms with Gasteiger partial charge in [-0.25, -0.2) is 0 Å². The number of non-ortho nitro benzene ring substituents is 1. The lowest BCUT2D eigenvalue weighted by atomic mass is 9.56. The molecule has 0 aromatic heterocycles. The van der Waals surface area contributed by atoms with Gasteiger partial charge in [0.15, 0.2) is 0 Å². The van der Waals surface area contributed by atoms with Crippen LogP contribution in [-0.4, -0.2) is 63.2 Å². The van der Waals surface area contributed by atoms with E-state index in [2.05, 4.69) is 18.7 Å². The number of oxime groups is 1. The first kappa shape index (κ1) is 41.7. The lowest BCUT2D eigenvalue weighted by Gasteiger charge is -2.58. The monoisotopic (exact) mass is 810 g/mol. The number of hydrogen-bond donors (Lipinski definition) is 2. The Labute approximate surface area is 344 Å². The number of nitro groups is 1. The number of rotatable bonds is 20.